The van der Waals surface area contributed by atoms with Gasteiger partial charge in [-0.1, -0.05) is 47.0 Å². The summed E-state index contributed by atoms with van der Waals surface area (Å²) >= 11 is 0. The Hall–Kier alpha value is -0.0800. The topological polar surface area (TPSA) is 29.3 Å². The molecule has 0 heterocycles. The first-order valence-electron chi connectivity index (χ1n) is 7.90. The molecule has 0 aromatic heterocycles. The average Bonchev–Trinajstić information content (AvgIpc) is 2.34. The smallest absolute Gasteiger partial charge is 0.00952 e. The van der Waals surface area contributed by atoms with Crippen molar-refractivity contribution in [1.82, 2.24) is 4.90 Å². The van der Waals surface area contributed by atoms with E-state index < -0.39 is 0 Å². The van der Waals surface area contributed by atoms with Gasteiger partial charge in [0.1, 0.15) is 0 Å². The van der Waals surface area contributed by atoms with Crippen molar-refractivity contribution in [2.24, 2.45) is 17.1 Å². The number of hydrogen-bond donors (Lipinski definition) is 1. The van der Waals surface area contributed by atoms with Crippen LogP contribution in [0.4, 0.5) is 0 Å². The molecule has 0 aromatic rings. The van der Waals surface area contributed by atoms with E-state index in [4.69, 9.17) is 5.73 Å². The zero-order chi connectivity index (χ0) is 13.6. The van der Waals surface area contributed by atoms with Crippen LogP contribution in [0.1, 0.15) is 66.2 Å². The molecule has 0 aromatic carbocycles. The van der Waals surface area contributed by atoms with Crippen molar-refractivity contribution in [3.05, 3.63) is 0 Å². The zero-order valence-corrected chi connectivity index (χ0v) is 13.0. The molecule has 108 valence electrons. The van der Waals surface area contributed by atoms with Crippen LogP contribution in [0.25, 0.3) is 0 Å². The first-order valence-corrected chi connectivity index (χ1v) is 7.90. The fourth-order valence-electron chi connectivity index (χ4n) is 3.40. The van der Waals surface area contributed by atoms with Crippen molar-refractivity contribution in [3.8, 4) is 0 Å². The molecule has 0 aliphatic heterocycles. The Morgan fingerprint density at radius 1 is 1.17 bits per heavy atom. The van der Waals surface area contributed by atoms with Crippen molar-refractivity contribution in [2.45, 2.75) is 72.3 Å². The van der Waals surface area contributed by atoms with E-state index in [1.165, 1.54) is 51.6 Å². The van der Waals surface area contributed by atoms with Gasteiger partial charge in [-0.25, -0.2) is 0 Å². The molecule has 18 heavy (non-hydrogen) atoms. The van der Waals surface area contributed by atoms with E-state index in [0.717, 1.165) is 12.6 Å². The molecule has 2 nitrogen and oxygen atoms in total. The summed E-state index contributed by atoms with van der Waals surface area (Å²) in [5, 5.41) is 0. The average molecular weight is 254 g/mol. The summed E-state index contributed by atoms with van der Waals surface area (Å²) < 4.78 is 0. The van der Waals surface area contributed by atoms with Crippen molar-refractivity contribution in [1.29, 1.82) is 0 Å². The lowest BCUT2D eigenvalue weighted by Crippen LogP contribution is -2.42. The van der Waals surface area contributed by atoms with E-state index >= 15 is 0 Å². The predicted octanol–water partition coefficient (Wildman–Crippen LogP) is 3.65. The standard InChI is InChI=1S/C16H34N2/c1-5-18(15-9-7-6-8-10-15)13-14(12-17)11-16(2,3)4/h14-15H,5-13,17H2,1-4H3. The summed E-state index contributed by atoms with van der Waals surface area (Å²) in [4.78, 5) is 2.70. The number of hydrogen-bond acceptors (Lipinski definition) is 2. The van der Waals surface area contributed by atoms with Crippen LogP contribution in [0, 0.1) is 11.3 Å². The molecule has 1 unspecified atom stereocenters. The van der Waals surface area contributed by atoms with E-state index in [1.807, 2.05) is 0 Å². The zero-order valence-electron chi connectivity index (χ0n) is 13.0. The van der Waals surface area contributed by atoms with Crippen molar-refractivity contribution in [2.75, 3.05) is 19.6 Å². The van der Waals surface area contributed by atoms with Crippen LogP contribution in [0.15, 0.2) is 0 Å². The predicted molar refractivity (Wildman–Crippen MR) is 80.7 cm³/mol. The second kappa shape index (κ2) is 7.49. The van der Waals surface area contributed by atoms with Crippen molar-refractivity contribution in [3.63, 3.8) is 0 Å². The van der Waals surface area contributed by atoms with Gasteiger partial charge in [-0.3, -0.25) is 0 Å². The first kappa shape index (κ1) is 16.0. The lowest BCUT2D eigenvalue weighted by molar-refractivity contribution is 0.126. The van der Waals surface area contributed by atoms with Crippen LogP contribution in [-0.2, 0) is 0 Å². The van der Waals surface area contributed by atoms with Crippen LogP contribution >= 0.6 is 0 Å². The molecule has 0 spiro atoms. The van der Waals surface area contributed by atoms with Crippen LogP contribution in [0.2, 0.25) is 0 Å². The van der Waals surface area contributed by atoms with Gasteiger partial charge in [-0.2, -0.15) is 0 Å². The molecule has 0 bridgehead atoms. The summed E-state index contributed by atoms with van der Waals surface area (Å²) in [5.41, 5.74) is 6.38. The third kappa shape index (κ3) is 5.71. The normalized spacial score (nSPS) is 20.3. The molecule has 1 fully saturated rings. The van der Waals surface area contributed by atoms with Gasteiger partial charge in [-0.05, 0) is 43.7 Å². The van der Waals surface area contributed by atoms with Gasteiger partial charge in [0.15, 0.2) is 0 Å². The molecular weight excluding hydrogens is 220 g/mol. The van der Waals surface area contributed by atoms with E-state index in [1.54, 1.807) is 0 Å². The Morgan fingerprint density at radius 3 is 2.22 bits per heavy atom. The number of nitrogens with zero attached hydrogens (tertiary/aromatic N) is 1. The largest absolute Gasteiger partial charge is 0.330 e. The quantitative estimate of drug-likeness (QED) is 0.784. The third-order valence-corrected chi connectivity index (χ3v) is 4.22. The Morgan fingerprint density at radius 2 is 1.78 bits per heavy atom. The third-order valence-electron chi connectivity index (χ3n) is 4.22. The second-order valence-electron chi connectivity index (χ2n) is 7.25. The molecule has 1 atom stereocenters. The Labute approximate surface area is 114 Å². The van der Waals surface area contributed by atoms with E-state index in [0.29, 0.717) is 11.3 Å². The Bertz CT molecular complexity index is 214. The van der Waals surface area contributed by atoms with Gasteiger partial charge in [0.2, 0.25) is 0 Å². The van der Waals surface area contributed by atoms with E-state index in [2.05, 4.69) is 32.6 Å². The minimum atomic E-state index is 0.399. The van der Waals surface area contributed by atoms with Gasteiger partial charge < -0.3 is 10.6 Å². The number of nitrogens with two attached hydrogens (primary N) is 1. The molecule has 1 aliphatic rings. The highest BCUT2D eigenvalue weighted by molar-refractivity contribution is 4.79. The highest BCUT2D eigenvalue weighted by Crippen LogP contribution is 2.27. The fraction of sp³-hybridized carbons (Fsp3) is 1.00. The molecular formula is C16H34N2. The minimum absolute atomic E-state index is 0.399. The molecule has 0 amide bonds. The summed E-state index contributed by atoms with van der Waals surface area (Å²) in [6, 6.07) is 0.831. The molecule has 0 radical (unpaired) electrons. The molecule has 2 heteroatoms. The highest BCUT2D eigenvalue weighted by atomic mass is 15.2. The van der Waals surface area contributed by atoms with Crippen LogP contribution in [0.3, 0.4) is 0 Å². The summed E-state index contributed by atoms with van der Waals surface area (Å²) in [6.45, 7) is 12.5. The fourth-order valence-corrected chi connectivity index (χ4v) is 3.40. The van der Waals surface area contributed by atoms with Gasteiger partial charge in [0, 0.05) is 12.6 Å². The van der Waals surface area contributed by atoms with Gasteiger partial charge in [-0.15, -0.1) is 0 Å². The van der Waals surface area contributed by atoms with Gasteiger partial charge in [0.05, 0.1) is 0 Å². The lowest BCUT2D eigenvalue weighted by atomic mass is 9.84. The first-order chi connectivity index (χ1) is 8.46. The Kier molecular flexibility index (Phi) is 6.65. The van der Waals surface area contributed by atoms with Crippen molar-refractivity contribution >= 4 is 0 Å². The SMILES string of the molecule is CCN(CC(CN)CC(C)(C)C)C1CCCCC1. The number of rotatable bonds is 6. The molecule has 1 saturated carbocycles. The van der Waals surface area contributed by atoms with Gasteiger partial charge in [0.25, 0.3) is 0 Å². The molecule has 2 N–H and O–H groups in total. The van der Waals surface area contributed by atoms with Crippen LogP contribution < -0.4 is 5.73 Å². The maximum absolute atomic E-state index is 5.99. The lowest BCUT2D eigenvalue weighted by Gasteiger charge is -2.37. The maximum Gasteiger partial charge on any atom is 0.00952 e. The molecule has 1 aliphatic carbocycles. The Balaban J connectivity index is 2.48. The summed E-state index contributed by atoms with van der Waals surface area (Å²) in [5.74, 6) is 0.659. The molecule has 1 rings (SSSR count). The van der Waals surface area contributed by atoms with Gasteiger partial charge >= 0.3 is 0 Å². The van der Waals surface area contributed by atoms with Crippen molar-refractivity contribution < 1.29 is 0 Å². The van der Waals surface area contributed by atoms with Crippen LogP contribution in [0.5, 0.6) is 0 Å². The monoisotopic (exact) mass is 254 g/mol. The molecule has 0 saturated heterocycles. The summed E-state index contributed by atoms with van der Waals surface area (Å²) in [7, 11) is 0. The highest BCUT2D eigenvalue weighted by Gasteiger charge is 2.24. The van der Waals surface area contributed by atoms with Crippen LogP contribution in [-0.4, -0.2) is 30.6 Å². The minimum Gasteiger partial charge on any atom is -0.330 e. The second-order valence-corrected chi connectivity index (χ2v) is 7.25. The van der Waals surface area contributed by atoms with E-state index in [9.17, 15) is 0 Å². The van der Waals surface area contributed by atoms with E-state index in [-0.39, 0.29) is 0 Å². The summed E-state index contributed by atoms with van der Waals surface area (Å²) in [6.07, 6.45) is 8.34. The maximum atomic E-state index is 5.99.